The second-order valence-corrected chi connectivity index (χ2v) is 8.52. The van der Waals surface area contributed by atoms with Gasteiger partial charge in [-0.15, -0.1) is 0 Å². The van der Waals surface area contributed by atoms with E-state index in [9.17, 15) is 4.79 Å². The van der Waals surface area contributed by atoms with Crippen LogP contribution in [-0.2, 0) is 9.53 Å². The third-order valence-corrected chi connectivity index (χ3v) is 4.05. The first-order valence-electron chi connectivity index (χ1n) is 9.18. The molecule has 1 rings (SSSR count). The molecule has 2 N–H and O–H groups in total. The lowest BCUT2D eigenvalue weighted by atomic mass is 10.1. The summed E-state index contributed by atoms with van der Waals surface area (Å²) >= 11 is 0. The van der Waals surface area contributed by atoms with Crippen LogP contribution in [0.25, 0.3) is 0 Å². The molecule has 1 fully saturated rings. The summed E-state index contributed by atoms with van der Waals surface area (Å²) in [5.74, 6) is -0.145. The number of ether oxygens (including phenoxy) is 1. The van der Waals surface area contributed by atoms with Crippen LogP contribution in [0.5, 0.6) is 0 Å². The number of nitrogens with one attached hydrogen (secondary N) is 2. The highest BCUT2D eigenvalue weighted by Gasteiger charge is 2.21. The second kappa shape index (κ2) is 9.70. The second-order valence-electron chi connectivity index (χ2n) is 8.52. The van der Waals surface area contributed by atoms with E-state index in [1.54, 1.807) is 0 Å². The minimum absolute atomic E-state index is 0.145. The average Bonchev–Trinajstić information content (AvgIpc) is 2.38. The summed E-state index contributed by atoms with van der Waals surface area (Å²) in [6, 6.07) is 0. The van der Waals surface area contributed by atoms with E-state index in [2.05, 4.69) is 41.2 Å². The van der Waals surface area contributed by atoms with Crippen molar-refractivity contribution in [3.63, 3.8) is 0 Å². The zero-order chi connectivity index (χ0) is 18.2. The van der Waals surface area contributed by atoms with Gasteiger partial charge >= 0.3 is 5.97 Å². The van der Waals surface area contributed by atoms with Gasteiger partial charge in [-0.2, -0.15) is 0 Å². The minimum Gasteiger partial charge on any atom is -0.459 e. The van der Waals surface area contributed by atoms with Crippen molar-refractivity contribution in [1.29, 1.82) is 0 Å². The van der Waals surface area contributed by atoms with Crippen LogP contribution in [0.15, 0.2) is 0 Å². The Morgan fingerprint density at radius 3 is 1.75 bits per heavy atom. The maximum absolute atomic E-state index is 12.0. The van der Waals surface area contributed by atoms with Gasteiger partial charge < -0.3 is 15.4 Å². The summed E-state index contributed by atoms with van der Waals surface area (Å²) < 4.78 is 5.44. The van der Waals surface area contributed by atoms with Crippen molar-refractivity contribution in [3.05, 3.63) is 0 Å². The Balaban J connectivity index is 2.46. The van der Waals surface area contributed by atoms with Gasteiger partial charge in [0.25, 0.3) is 0 Å². The Morgan fingerprint density at radius 2 is 1.33 bits per heavy atom. The molecule has 1 aliphatic rings. The summed E-state index contributed by atoms with van der Waals surface area (Å²) in [6.45, 7) is 20.4. The molecule has 0 spiro atoms. The Labute approximate surface area is 148 Å². The molecular weight excluding hydrogens is 304 g/mol. The first kappa shape index (κ1) is 21.4. The van der Waals surface area contributed by atoms with Gasteiger partial charge in [-0.1, -0.05) is 0 Å². The summed E-state index contributed by atoms with van der Waals surface area (Å²) in [7, 11) is 0. The summed E-state index contributed by atoms with van der Waals surface area (Å²) in [4.78, 5) is 16.7. The van der Waals surface area contributed by atoms with Gasteiger partial charge in [0.15, 0.2) is 0 Å². The predicted molar refractivity (Wildman–Crippen MR) is 99.4 cm³/mol. The average molecular weight is 343 g/mol. The normalized spacial score (nSPS) is 20.9. The van der Waals surface area contributed by atoms with E-state index in [0.717, 1.165) is 52.4 Å². The fourth-order valence-electron chi connectivity index (χ4n) is 2.76. The van der Waals surface area contributed by atoms with Crippen molar-refractivity contribution in [1.82, 2.24) is 20.4 Å². The highest BCUT2D eigenvalue weighted by Crippen LogP contribution is 2.11. The maximum Gasteiger partial charge on any atom is 0.320 e. The van der Waals surface area contributed by atoms with E-state index >= 15 is 0 Å². The number of hydrogen-bond acceptors (Lipinski definition) is 6. The fraction of sp³-hybridized carbons (Fsp3) is 0.944. The minimum atomic E-state index is -0.420. The zero-order valence-corrected chi connectivity index (χ0v) is 16.6. The lowest BCUT2D eigenvalue weighted by molar-refractivity contribution is -0.156. The SMILES string of the molecule is CC(C)(C)OC(=O)CN1CCNCCN(C(C)(C)C)CCNCC1. The van der Waals surface area contributed by atoms with Crippen LogP contribution in [0.2, 0.25) is 0 Å². The van der Waals surface area contributed by atoms with Crippen LogP contribution in [0.1, 0.15) is 41.5 Å². The monoisotopic (exact) mass is 342 g/mol. The summed E-state index contributed by atoms with van der Waals surface area (Å²) in [5.41, 5.74) is -0.229. The molecule has 0 unspecified atom stereocenters. The predicted octanol–water partition coefficient (Wildman–Crippen LogP) is 0.923. The molecule has 0 saturated carbocycles. The number of nitrogens with zero attached hydrogens (tertiary/aromatic N) is 2. The first-order valence-corrected chi connectivity index (χ1v) is 9.18. The molecule has 0 aromatic rings. The van der Waals surface area contributed by atoms with Gasteiger partial charge in [0, 0.05) is 57.9 Å². The van der Waals surface area contributed by atoms with Gasteiger partial charge in [0.2, 0.25) is 0 Å². The van der Waals surface area contributed by atoms with Crippen LogP contribution in [0, 0.1) is 0 Å². The number of carbonyl (C=O) groups excluding carboxylic acids is 1. The van der Waals surface area contributed by atoms with E-state index in [1.165, 1.54) is 0 Å². The Hall–Kier alpha value is -0.690. The quantitative estimate of drug-likeness (QED) is 0.728. The molecule has 142 valence electrons. The molecule has 1 heterocycles. The lowest BCUT2D eigenvalue weighted by Gasteiger charge is -2.36. The molecule has 0 atom stereocenters. The number of hydrogen-bond donors (Lipinski definition) is 2. The van der Waals surface area contributed by atoms with Crippen LogP contribution in [0.3, 0.4) is 0 Å². The van der Waals surface area contributed by atoms with Crippen molar-refractivity contribution >= 4 is 5.97 Å². The van der Waals surface area contributed by atoms with E-state index in [4.69, 9.17) is 4.74 Å². The molecule has 1 aliphatic heterocycles. The van der Waals surface area contributed by atoms with Crippen LogP contribution in [0.4, 0.5) is 0 Å². The largest absolute Gasteiger partial charge is 0.459 e. The molecule has 6 heteroatoms. The molecule has 0 bridgehead atoms. The van der Waals surface area contributed by atoms with Crippen molar-refractivity contribution < 1.29 is 9.53 Å². The standard InChI is InChI=1S/C18H38N4O2/c1-17(2,3)22-13-9-19-7-11-21(12-8-20-10-14-22)15-16(23)24-18(4,5)6/h19-20H,7-15H2,1-6H3. The molecule has 0 amide bonds. The van der Waals surface area contributed by atoms with Crippen molar-refractivity contribution in [2.45, 2.75) is 52.7 Å². The zero-order valence-electron chi connectivity index (χ0n) is 16.6. The van der Waals surface area contributed by atoms with E-state index in [-0.39, 0.29) is 11.5 Å². The first-order chi connectivity index (χ1) is 11.1. The molecule has 24 heavy (non-hydrogen) atoms. The molecule has 1 saturated heterocycles. The molecule has 0 aliphatic carbocycles. The summed E-state index contributed by atoms with van der Waals surface area (Å²) in [6.07, 6.45) is 0. The van der Waals surface area contributed by atoms with Crippen molar-refractivity contribution in [2.75, 3.05) is 58.9 Å². The molecular formula is C18H38N4O2. The van der Waals surface area contributed by atoms with E-state index < -0.39 is 5.60 Å². The third-order valence-electron chi connectivity index (χ3n) is 4.05. The van der Waals surface area contributed by atoms with Gasteiger partial charge in [-0.25, -0.2) is 0 Å². The fourth-order valence-corrected chi connectivity index (χ4v) is 2.76. The topological polar surface area (TPSA) is 56.8 Å². The smallest absolute Gasteiger partial charge is 0.320 e. The molecule has 6 nitrogen and oxygen atoms in total. The van der Waals surface area contributed by atoms with E-state index in [1.807, 2.05) is 20.8 Å². The number of carbonyl (C=O) groups is 1. The van der Waals surface area contributed by atoms with Crippen LogP contribution in [-0.4, -0.2) is 85.8 Å². The molecule has 0 aromatic carbocycles. The highest BCUT2D eigenvalue weighted by molar-refractivity contribution is 5.72. The molecule has 0 radical (unpaired) electrons. The van der Waals surface area contributed by atoms with Gasteiger partial charge in [-0.3, -0.25) is 14.6 Å². The Morgan fingerprint density at radius 1 is 0.875 bits per heavy atom. The Kier molecular flexibility index (Phi) is 8.63. The third kappa shape index (κ3) is 9.57. The maximum atomic E-state index is 12.0. The number of rotatable bonds is 2. The number of esters is 1. The van der Waals surface area contributed by atoms with E-state index in [0.29, 0.717) is 6.54 Å². The highest BCUT2D eigenvalue weighted by atomic mass is 16.6. The van der Waals surface area contributed by atoms with Crippen LogP contribution >= 0.6 is 0 Å². The van der Waals surface area contributed by atoms with Gasteiger partial charge in [-0.05, 0) is 41.5 Å². The van der Waals surface area contributed by atoms with Crippen LogP contribution < -0.4 is 10.6 Å². The van der Waals surface area contributed by atoms with Crippen molar-refractivity contribution in [2.24, 2.45) is 0 Å². The molecule has 0 aromatic heterocycles. The Bertz CT molecular complexity index is 360. The van der Waals surface area contributed by atoms with Gasteiger partial charge in [0.1, 0.15) is 5.60 Å². The lowest BCUT2D eigenvalue weighted by Crippen LogP contribution is -2.50. The summed E-state index contributed by atoms with van der Waals surface area (Å²) in [5, 5.41) is 7.00. The van der Waals surface area contributed by atoms with Gasteiger partial charge in [0.05, 0.1) is 6.54 Å². The van der Waals surface area contributed by atoms with Crippen molar-refractivity contribution in [3.8, 4) is 0 Å².